The lowest BCUT2D eigenvalue weighted by Gasteiger charge is -2.15. The summed E-state index contributed by atoms with van der Waals surface area (Å²) in [5, 5.41) is 0.811. The first-order valence-corrected chi connectivity index (χ1v) is 4.67. The molecule has 1 aliphatic rings. The van der Waals surface area contributed by atoms with E-state index in [0.717, 1.165) is 5.02 Å². The Morgan fingerprint density at radius 1 is 1.08 bits per heavy atom. The van der Waals surface area contributed by atoms with Gasteiger partial charge in [0.2, 0.25) is 0 Å². The van der Waals surface area contributed by atoms with Crippen molar-refractivity contribution >= 4 is 17.7 Å². The van der Waals surface area contributed by atoms with E-state index in [1.807, 2.05) is 12.1 Å². The summed E-state index contributed by atoms with van der Waals surface area (Å²) in [6.07, 6.45) is 6.19. The van der Waals surface area contributed by atoms with Crippen molar-refractivity contribution in [2.45, 2.75) is 19.3 Å². The topological polar surface area (TPSA) is 0 Å². The Labute approximate surface area is 77.9 Å². The van der Waals surface area contributed by atoms with E-state index in [2.05, 4.69) is 18.2 Å². The first-order chi connectivity index (χ1) is 5.84. The van der Waals surface area contributed by atoms with Gasteiger partial charge in [-0.15, -0.1) is 0 Å². The largest absolute Gasteiger partial charge is 0.0843 e. The zero-order valence-electron chi connectivity index (χ0n) is 6.89. The van der Waals surface area contributed by atoms with Crippen LogP contribution in [0.15, 0.2) is 29.8 Å². The zero-order chi connectivity index (χ0) is 8.39. The Bertz CT molecular complexity index is 289. The molecule has 1 fully saturated rings. The molecule has 0 radical (unpaired) electrons. The van der Waals surface area contributed by atoms with Gasteiger partial charge in [0.25, 0.3) is 0 Å². The Morgan fingerprint density at radius 3 is 2.25 bits per heavy atom. The molecular weight excluding hydrogens is 168 g/mol. The van der Waals surface area contributed by atoms with Crippen LogP contribution in [0.2, 0.25) is 5.02 Å². The number of hydrogen-bond donors (Lipinski definition) is 0. The summed E-state index contributed by atoms with van der Waals surface area (Å²) in [5.74, 6) is 0. The predicted octanol–water partition coefficient (Wildman–Crippen LogP) is 3.91. The summed E-state index contributed by atoms with van der Waals surface area (Å²) in [6, 6.07) is 8.00. The van der Waals surface area contributed by atoms with Gasteiger partial charge in [-0.2, -0.15) is 0 Å². The van der Waals surface area contributed by atoms with E-state index in [1.165, 1.54) is 24.8 Å². The SMILES string of the molecule is Clc1ccc(C=C2CCC2)cc1. The maximum Gasteiger partial charge on any atom is 0.0406 e. The molecule has 0 aliphatic heterocycles. The Morgan fingerprint density at radius 2 is 1.75 bits per heavy atom. The van der Waals surface area contributed by atoms with Gasteiger partial charge in [-0.05, 0) is 37.0 Å². The first kappa shape index (κ1) is 7.88. The first-order valence-electron chi connectivity index (χ1n) is 4.29. The van der Waals surface area contributed by atoms with Crippen LogP contribution in [0.1, 0.15) is 24.8 Å². The second-order valence-electron chi connectivity index (χ2n) is 3.21. The van der Waals surface area contributed by atoms with Gasteiger partial charge in [-0.25, -0.2) is 0 Å². The standard InChI is InChI=1S/C11H11Cl/c12-11-6-4-10(5-7-11)8-9-2-1-3-9/h4-8H,1-3H2. The van der Waals surface area contributed by atoms with Crippen LogP contribution in [-0.4, -0.2) is 0 Å². The van der Waals surface area contributed by atoms with Crippen molar-refractivity contribution in [3.8, 4) is 0 Å². The fraction of sp³-hybridized carbons (Fsp3) is 0.273. The molecule has 1 aromatic carbocycles. The predicted molar refractivity (Wildman–Crippen MR) is 53.3 cm³/mol. The minimum atomic E-state index is 0.811. The zero-order valence-corrected chi connectivity index (χ0v) is 7.64. The molecule has 2 rings (SSSR count). The molecule has 12 heavy (non-hydrogen) atoms. The molecule has 0 bridgehead atoms. The average molecular weight is 179 g/mol. The molecule has 1 aliphatic carbocycles. The normalized spacial score (nSPS) is 15.6. The summed E-state index contributed by atoms with van der Waals surface area (Å²) in [7, 11) is 0. The number of allylic oxidation sites excluding steroid dienone is 1. The van der Waals surface area contributed by atoms with Crippen molar-refractivity contribution < 1.29 is 0 Å². The third-order valence-electron chi connectivity index (χ3n) is 2.24. The Kier molecular flexibility index (Phi) is 2.18. The molecule has 0 aromatic heterocycles. The second kappa shape index (κ2) is 3.32. The van der Waals surface area contributed by atoms with Gasteiger partial charge in [0.1, 0.15) is 0 Å². The fourth-order valence-corrected chi connectivity index (χ4v) is 1.45. The van der Waals surface area contributed by atoms with Crippen LogP contribution in [-0.2, 0) is 0 Å². The molecule has 0 heterocycles. The van der Waals surface area contributed by atoms with Crippen LogP contribution in [0.25, 0.3) is 6.08 Å². The molecule has 0 N–H and O–H groups in total. The van der Waals surface area contributed by atoms with E-state index < -0.39 is 0 Å². The summed E-state index contributed by atoms with van der Waals surface area (Å²) >= 11 is 5.78. The Balaban J connectivity index is 2.18. The van der Waals surface area contributed by atoms with Gasteiger partial charge in [-0.3, -0.25) is 0 Å². The molecule has 0 amide bonds. The molecule has 0 nitrogen and oxygen atoms in total. The van der Waals surface area contributed by atoms with Gasteiger partial charge in [0.05, 0.1) is 0 Å². The molecule has 62 valence electrons. The smallest absolute Gasteiger partial charge is 0.0406 e. The maximum absolute atomic E-state index is 5.78. The highest BCUT2D eigenvalue weighted by molar-refractivity contribution is 6.30. The summed E-state index contributed by atoms with van der Waals surface area (Å²) < 4.78 is 0. The Hall–Kier alpha value is -0.750. The molecule has 0 saturated heterocycles. The van der Waals surface area contributed by atoms with Crippen molar-refractivity contribution in [3.05, 3.63) is 40.4 Å². The number of benzene rings is 1. The van der Waals surface area contributed by atoms with Gasteiger partial charge in [0.15, 0.2) is 0 Å². The summed E-state index contributed by atoms with van der Waals surface area (Å²) in [4.78, 5) is 0. The van der Waals surface area contributed by atoms with Crippen LogP contribution in [0.4, 0.5) is 0 Å². The van der Waals surface area contributed by atoms with E-state index in [-0.39, 0.29) is 0 Å². The highest BCUT2D eigenvalue weighted by Crippen LogP contribution is 2.27. The monoisotopic (exact) mass is 178 g/mol. The lowest BCUT2D eigenvalue weighted by Crippen LogP contribution is -1.95. The van der Waals surface area contributed by atoms with Crippen molar-refractivity contribution in [2.75, 3.05) is 0 Å². The minimum absolute atomic E-state index is 0.811. The second-order valence-corrected chi connectivity index (χ2v) is 3.64. The van der Waals surface area contributed by atoms with Gasteiger partial charge in [-0.1, -0.05) is 35.4 Å². The molecule has 1 heteroatoms. The van der Waals surface area contributed by atoms with Crippen molar-refractivity contribution in [1.82, 2.24) is 0 Å². The van der Waals surface area contributed by atoms with Crippen molar-refractivity contribution in [1.29, 1.82) is 0 Å². The van der Waals surface area contributed by atoms with E-state index >= 15 is 0 Å². The quantitative estimate of drug-likeness (QED) is 0.612. The lowest BCUT2D eigenvalue weighted by atomic mass is 9.91. The van der Waals surface area contributed by atoms with Crippen LogP contribution < -0.4 is 0 Å². The molecule has 1 aromatic rings. The highest BCUT2D eigenvalue weighted by Gasteiger charge is 2.07. The van der Waals surface area contributed by atoms with Crippen molar-refractivity contribution in [3.63, 3.8) is 0 Å². The highest BCUT2D eigenvalue weighted by atomic mass is 35.5. The van der Waals surface area contributed by atoms with E-state index in [1.54, 1.807) is 5.57 Å². The van der Waals surface area contributed by atoms with Gasteiger partial charge >= 0.3 is 0 Å². The van der Waals surface area contributed by atoms with E-state index in [9.17, 15) is 0 Å². The van der Waals surface area contributed by atoms with Crippen LogP contribution in [0.3, 0.4) is 0 Å². The van der Waals surface area contributed by atoms with E-state index in [4.69, 9.17) is 11.6 Å². The average Bonchev–Trinajstić information content (AvgIpc) is 2.00. The number of rotatable bonds is 1. The van der Waals surface area contributed by atoms with Crippen LogP contribution in [0.5, 0.6) is 0 Å². The fourth-order valence-electron chi connectivity index (χ4n) is 1.32. The number of hydrogen-bond acceptors (Lipinski definition) is 0. The third-order valence-corrected chi connectivity index (χ3v) is 2.49. The van der Waals surface area contributed by atoms with Crippen LogP contribution >= 0.6 is 11.6 Å². The molecule has 0 spiro atoms. The van der Waals surface area contributed by atoms with Gasteiger partial charge < -0.3 is 0 Å². The van der Waals surface area contributed by atoms with Crippen molar-refractivity contribution in [2.24, 2.45) is 0 Å². The maximum atomic E-state index is 5.78. The van der Waals surface area contributed by atoms with Gasteiger partial charge in [0, 0.05) is 5.02 Å². The van der Waals surface area contributed by atoms with E-state index in [0.29, 0.717) is 0 Å². The molecular formula is C11H11Cl. The molecule has 0 unspecified atom stereocenters. The summed E-state index contributed by atoms with van der Waals surface area (Å²) in [6.45, 7) is 0. The third kappa shape index (κ3) is 1.70. The molecule has 0 atom stereocenters. The molecule has 1 saturated carbocycles. The van der Waals surface area contributed by atoms with Crippen LogP contribution in [0, 0.1) is 0 Å². The summed E-state index contributed by atoms with van der Waals surface area (Å²) in [5.41, 5.74) is 2.84. The minimum Gasteiger partial charge on any atom is -0.0843 e. The number of halogens is 1. The lowest BCUT2D eigenvalue weighted by molar-refractivity contribution is 0.670.